The third kappa shape index (κ3) is 3.65. The van der Waals surface area contributed by atoms with E-state index in [-0.39, 0.29) is 0 Å². The summed E-state index contributed by atoms with van der Waals surface area (Å²) in [7, 11) is 0. The Morgan fingerprint density at radius 3 is 2.25 bits per heavy atom. The van der Waals surface area contributed by atoms with Crippen LogP contribution in [0, 0.1) is 7.40 Å². The van der Waals surface area contributed by atoms with Gasteiger partial charge in [0.15, 0.2) is 17.6 Å². The minimum absolute atomic E-state index is 0.476. The first kappa shape index (κ1) is 18.4. The monoisotopic (exact) mass is 598 g/mol. The Bertz CT molecular complexity index is 1190. The number of aldehydes is 1. The van der Waals surface area contributed by atoms with Crippen LogP contribution in [0.2, 0.25) is 0 Å². The van der Waals surface area contributed by atoms with Gasteiger partial charge in [-0.05, 0) is 95.1 Å². The SMILES string of the molecule is Ic1ccc2nc(C3CC3)cn2n1.O=Cc1c(C2CC2)nc2ccc(I)nn12. The highest BCUT2D eigenvalue weighted by molar-refractivity contribution is 14.1. The van der Waals surface area contributed by atoms with Crippen LogP contribution in [-0.4, -0.2) is 35.5 Å². The summed E-state index contributed by atoms with van der Waals surface area (Å²) < 4.78 is 5.38. The van der Waals surface area contributed by atoms with Crippen LogP contribution in [0.3, 0.4) is 0 Å². The summed E-state index contributed by atoms with van der Waals surface area (Å²) in [6, 6.07) is 7.79. The van der Waals surface area contributed by atoms with E-state index >= 15 is 0 Å². The molecule has 0 bridgehead atoms. The van der Waals surface area contributed by atoms with E-state index in [1.807, 2.05) is 28.8 Å². The zero-order valence-corrected chi connectivity index (χ0v) is 19.1. The molecule has 0 radical (unpaired) electrons. The maximum Gasteiger partial charge on any atom is 0.170 e. The Morgan fingerprint density at radius 2 is 1.57 bits per heavy atom. The van der Waals surface area contributed by atoms with Crippen molar-refractivity contribution in [2.24, 2.45) is 0 Å². The van der Waals surface area contributed by atoms with Gasteiger partial charge in [-0.1, -0.05) is 0 Å². The van der Waals surface area contributed by atoms with Crippen molar-refractivity contribution in [3.8, 4) is 0 Å². The molecule has 6 rings (SSSR count). The summed E-state index contributed by atoms with van der Waals surface area (Å²) in [5, 5.41) is 8.63. The number of nitrogens with zero attached hydrogens (tertiary/aromatic N) is 6. The van der Waals surface area contributed by atoms with Crippen molar-refractivity contribution in [3.63, 3.8) is 0 Å². The number of carbonyl (C=O) groups excluding carboxylic acids is 1. The van der Waals surface area contributed by atoms with Crippen molar-refractivity contribution in [1.82, 2.24) is 29.2 Å². The van der Waals surface area contributed by atoms with Gasteiger partial charge in [-0.2, -0.15) is 10.2 Å². The first-order valence-electron chi connectivity index (χ1n) is 9.14. The molecule has 4 aromatic rings. The van der Waals surface area contributed by atoms with Gasteiger partial charge in [-0.25, -0.2) is 19.0 Å². The Labute approximate surface area is 188 Å². The lowest BCUT2D eigenvalue weighted by molar-refractivity contribution is 0.111. The molecule has 4 heterocycles. The molecule has 2 aliphatic rings. The number of aromatic nitrogens is 6. The standard InChI is InChI=1S/C10H8IN3O.C9H8IN3/c11-8-3-4-9-12-10(6-1-2-6)7(5-15)14(9)13-8;10-8-3-4-9-11-7(6-1-2-6)5-13(9)12-8/h3-6H,1-2H2;3-6H,1-2H2. The van der Waals surface area contributed by atoms with E-state index < -0.39 is 0 Å². The average Bonchev–Trinajstić information content (AvgIpc) is 3.61. The zero-order chi connectivity index (χ0) is 19.3. The number of imidazole rings is 2. The second-order valence-electron chi connectivity index (χ2n) is 7.10. The van der Waals surface area contributed by atoms with Crippen molar-refractivity contribution < 1.29 is 4.79 Å². The van der Waals surface area contributed by atoms with E-state index in [1.54, 1.807) is 4.52 Å². The van der Waals surface area contributed by atoms with E-state index in [1.165, 1.54) is 18.5 Å². The minimum atomic E-state index is 0.476. The molecule has 4 aromatic heterocycles. The molecular formula is C19H16I2N6O. The van der Waals surface area contributed by atoms with Gasteiger partial charge in [0.2, 0.25) is 0 Å². The van der Waals surface area contributed by atoms with Gasteiger partial charge in [0.25, 0.3) is 0 Å². The van der Waals surface area contributed by atoms with E-state index in [0.29, 0.717) is 17.5 Å². The number of halogens is 2. The third-order valence-corrected chi connectivity index (χ3v) is 6.04. The molecular weight excluding hydrogens is 582 g/mol. The number of carbonyl (C=O) groups is 1. The lowest BCUT2D eigenvalue weighted by Crippen LogP contribution is -1.99. The predicted molar refractivity (Wildman–Crippen MR) is 121 cm³/mol. The minimum Gasteiger partial charge on any atom is -0.296 e. The fraction of sp³-hybridized carbons (Fsp3) is 0.316. The number of fused-ring (bicyclic) bond motifs is 2. The highest BCUT2D eigenvalue weighted by Crippen LogP contribution is 2.41. The molecule has 2 fully saturated rings. The first-order valence-corrected chi connectivity index (χ1v) is 11.3. The topological polar surface area (TPSA) is 77.5 Å². The van der Waals surface area contributed by atoms with E-state index in [2.05, 4.69) is 71.5 Å². The number of rotatable bonds is 3. The Morgan fingerprint density at radius 1 is 0.893 bits per heavy atom. The Kier molecular flexibility index (Phi) is 4.81. The normalized spacial score (nSPS) is 16.2. The van der Waals surface area contributed by atoms with Crippen LogP contribution in [-0.2, 0) is 0 Å². The van der Waals surface area contributed by atoms with Gasteiger partial charge < -0.3 is 0 Å². The summed E-state index contributed by atoms with van der Waals surface area (Å²) in [5.41, 5.74) is 4.46. The molecule has 0 aromatic carbocycles. The van der Waals surface area contributed by atoms with Crippen molar-refractivity contribution in [3.05, 3.63) is 54.9 Å². The first-order chi connectivity index (χ1) is 13.6. The van der Waals surface area contributed by atoms with Gasteiger partial charge in [-0.3, -0.25) is 4.79 Å². The smallest absolute Gasteiger partial charge is 0.170 e. The highest BCUT2D eigenvalue weighted by Gasteiger charge is 2.30. The Balaban J connectivity index is 0.000000123. The van der Waals surface area contributed by atoms with Crippen LogP contribution in [0.5, 0.6) is 0 Å². The lowest BCUT2D eigenvalue weighted by atomic mass is 10.2. The van der Waals surface area contributed by atoms with Gasteiger partial charge in [0, 0.05) is 11.8 Å². The molecule has 0 unspecified atom stereocenters. The van der Waals surface area contributed by atoms with Crippen LogP contribution in [0.15, 0.2) is 30.5 Å². The quantitative estimate of drug-likeness (QED) is 0.261. The fourth-order valence-corrected chi connectivity index (χ4v) is 3.97. The fourth-order valence-electron chi connectivity index (χ4n) is 3.17. The molecule has 0 saturated heterocycles. The zero-order valence-electron chi connectivity index (χ0n) is 14.8. The molecule has 0 atom stereocenters. The third-order valence-electron chi connectivity index (χ3n) is 4.89. The number of hydrogen-bond acceptors (Lipinski definition) is 5. The van der Waals surface area contributed by atoms with Gasteiger partial charge in [-0.15, -0.1) is 0 Å². The van der Waals surface area contributed by atoms with Crippen molar-refractivity contribution in [2.75, 3.05) is 0 Å². The van der Waals surface area contributed by atoms with Crippen molar-refractivity contribution in [1.29, 1.82) is 0 Å². The molecule has 2 saturated carbocycles. The molecule has 28 heavy (non-hydrogen) atoms. The van der Waals surface area contributed by atoms with E-state index in [9.17, 15) is 4.79 Å². The molecule has 0 spiro atoms. The van der Waals surface area contributed by atoms with Crippen LogP contribution in [0.1, 0.15) is 59.4 Å². The summed E-state index contributed by atoms with van der Waals surface area (Å²) in [6.07, 6.45) is 7.78. The van der Waals surface area contributed by atoms with Crippen molar-refractivity contribution in [2.45, 2.75) is 37.5 Å². The van der Waals surface area contributed by atoms with Crippen LogP contribution < -0.4 is 0 Å². The molecule has 0 amide bonds. The lowest BCUT2D eigenvalue weighted by Gasteiger charge is -1.95. The second kappa shape index (κ2) is 7.32. The van der Waals surface area contributed by atoms with Crippen LogP contribution in [0.4, 0.5) is 0 Å². The largest absolute Gasteiger partial charge is 0.296 e. The summed E-state index contributed by atoms with van der Waals surface area (Å²) in [4.78, 5) is 20.0. The highest BCUT2D eigenvalue weighted by atomic mass is 127. The van der Waals surface area contributed by atoms with Gasteiger partial charge >= 0.3 is 0 Å². The summed E-state index contributed by atoms with van der Waals surface area (Å²) in [5.74, 6) is 1.18. The van der Waals surface area contributed by atoms with E-state index in [0.717, 1.165) is 43.5 Å². The molecule has 2 aliphatic carbocycles. The summed E-state index contributed by atoms with van der Waals surface area (Å²) >= 11 is 4.34. The van der Waals surface area contributed by atoms with Gasteiger partial charge in [0.05, 0.1) is 17.6 Å². The molecule has 0 aliphatic heterocycles. The van der Waals surface area contributed by atoms with Crippen LogP contribution in [0.25, 0.3) is 11.3 Å². The molecule has 0 N–H and O–H groups in total. The average molecular weight is 598 g/mol. The molecule has 142 valence electrons. The van der Waals surface area contributed by atoms with Crippen LogP contribution >= 0.6 is 45.2 Å². The maximum atomic E-state index is 11.0. The van der Waals surface area contributed by atoms with E-state index in [4.69, 9.17) is 0 Å². The molecule has 7 nitrogen and oxygen atoms in total. The second-order valence-corrected chi connectivity index (χ2v) is 9.31. The number of hydrogen-bond donors (Lipinski definition) is 0. The molecule has 9 heteroatoms. The summed E-state index contributed by atoms with van der Waals surface area (Å²) in [6.45, 7) is 0. The maximum absolute atomic E-state index is 11.0. The van der Waals surface area contributed by atoms with Gasteiger partial charge in [0.1, 0.15) is 13.1 Å². The Hall–Kier alpha value is -1.63. The van der Waals surface area contributed by atoms with Crippen molar-refractivity contribution >= 4 is 62.8 Å². The predicted octanol–water partition coefficient (Wildman–Crippen LogP) is 4.24.